The molecule has 0 heterocycles. The molecule has 1 aromatic carbocycles. The zero-order valence-electron chi connectivity index (χ0n) is 13.0. The Kier molecular flexibility index (Phi) is 6.02. The third-order valence-electron chi connectivity index (χ3n) is 3.27. The number of rotatable bonds is 7. The Balaban J connectivity index is 2.92. The first kappa shape index (κ1) is 16.5. The van der Waals surface area contributed by atoms with Crippen LogP contribution in [0.4, 0.5) is 0 Å². The van der Waals surface area contributed by atoms with Crippen LogP contribution in [0, 0.1) is 5.41 Å². The van der Waals surface area contributed by atoms with Gasteiger partial charge in [-0.1, -0.05) is 26.8 Å². The maximum Gasteiger partial charge on any atom is 0.254 e. The first-order valence-electron chi connectivity index (χ1n) is 7.07. The fourth-order valence-electron chi connectivity index (χ4n) is 2.04. The molecule has 0 unspecified atom stereocenters. The van der Waals surface area contributed by atoms with E-state index in [-0.39, 0.29) is 11.3 Å². The highest BCUT2D eigenvalue weighted by Crippen LogP contribution is 2.19. The average molecular weight is 278 g/mol. The van der Waals surface area contributed by atoms with Crippen molar-refractivity contribution in [2.45, 2.75) is 27.2 Å². The molecule has 0 aromatic heterocycles. The quantitative estimate of drug-likeness (QED) is 0.834. The highest BCUT2D eigenvalue weighted by atomic mass is 16.5. The Labute approximate surface area is 121 Å². The average Bonchev–Trinajstić information content (AvgIpc) is 2.46. The van der Waals surface area contributed by atoms with Gasteiger partial charge < -0.3 is 15.4 Å². The molecule has 0 fully saturated rings. The second-order valence-corrected chi connectivity index (χ2v) is 5.83. The molecule has 0 spiro atoms. The number of carbonyl (C=O) groups excluding carboxylic acids is 1. The second-order valence-electron chi connectivity index (χ2n) is 5.83. The zero-order valence-corrected chi connectivity index (χ0v) is 13.0. The van der Waals surface area contributed by atoms with Gasteiger partial charge in [-0.15, -0.1) is 0 Å². The van der Waals surface area contributed by atoms with Gasteiger partial charge in [0.15, 0.2) is 0 Å². The lowest BCUT2D eigenvalue weighted by Gasteiger charge is -2.31. The Morgan fingerprint density at radius 3 is 2.65 bits per heavy atom. The molecule has 1 aromatic rings. The van der Waals surface area contributed by atoms with Gasteiger partial charge in [-0.05, 0) is 36.6 Å². The molecule has 0 aliphatic rings. The molecule has 0 aliphatic heterocycles. The number of amides is 1. The molecule has 1 amide bonds. The van der Waals surface area contributed by atoms with Gasteiger partial charge in [0.1, 0.15) is 5.75 Å². The SMILES string of the molecule is CCCN(CC(C)(C)CN)C(=O)c1cccc(OC)c1. The first-order chi connectivity index (χ1) is 9.43. The fourth-order valence-corrected chi connectivity index (χ4v) is 2.04. The summed E-state index contributed by atoms with van der Waals surface area (Å²) in [5, 5.41) is 0. The Morgan fingerprint density at radius 2 is 2.10 bits per heavy atom. The highest BCUT2D eigenvalue weighted by molar-refractivity contribution is 5.94. The Morgan fingerprint density at radius 1 is 1.40 bits per heavy atom. The molecule has 0 radical (unpaired) electrons. The molecular formula is C16H26N2O2. The standard InChI is InChI=1S/C16H26N2O2/c1-5-9-18(12-16(2,3)11-17)15(19)13-7-6-8-14(10-13)20-4/h6-8,10H,5,9,11-12,17H2,1-4H3. The summed E-state index contributed by atoms with van der Waals surface area (Å²) < 4.78 is 5.18. The van der Waals surface area contributed by atoms with E-state index < -0.39 is 0 Å². The van der Waals surface area contributed by atoms with Crippen LogP contribution in [0.3, 0.4) is 0 Å². The van der Waals surface area contributed by atoms with Gasteiger partial charge in [0, 0.05) is 18.7 Å². The van der Waals surface area contributed by atoms with Gasteiger partial charge in [-0.3, -0.25) is 4.79 Å². The van der Waals surface area contributed by atoms with Crippen LogP contribution >= 0.6 is 0 Å². The van der Waals surface area contributed by atoms with Crippen LogP contribution in [0.1, 0.15) is 37.6 Å². The van der Waals surface area contributed by atoms with Gasteiger partial charge >= 0.3 is 0 Å². The van der Waals surface area contributed by atoms with Crippen LogP contribution in [-0.2, 0) is 0 Å². The van der Waals surface area contributed by atoms with Crippen LogP contribution in [0.15, 0.2) is 24.3 Å². The molecule has 0 saturated heterocycles. The lowest BCUT2D eigenvalue weighted by molar-refractivity contribution is 0.0689. The summed E-state index contributed by atoms with van der Waals surface area (Å²) >= 11 is 0. The first-order valence-corrected chi connectivity index (χ1v) is 7.07. The van der Waals surface area contributed by atoms with Crippen LogP contribution in [-0.4, -0.2) is 37.6 Å². The molecule has 20 heavy (non-hydrogen) atoms. The van der Waals surface area contributed by atoms with E-state index in [2.05, 4.69) is 20.8 Å². The molecule has 4 heteroatoms. The summed E-state index contributed by atoms with van der Waals surface area (Å²) in [7, 11) is 1.60. The molecule has 0 saturated carbocycles. The van der Waals surface area contributed by atoms with Crippen molar-refractivity contribution in [1.82, 2.24) is 4.90 Å². The number of carbonyl (C=O) groups is 1. The minimum absolute atomic E-state index is 0.0345. The number of ether oxygens (including phenoxy) is 1. The molecule has 1 rings (SSSR count). The monoisotopic (exact) mass is 278 g/mol. The predicted molar refractivity (Wildman–Crippen MR) is 82.0 cm³/mol. The maximum atomic E-state index is 12.6. The third kappa shape index (κ3) is 4.53. The maximum absolute atomic E-state index is 12.6. The van der Waals surface area contributed by atoms with Crippen LogP contribution in [0.25, 0.3) is 0 Å². The molecule has 0 aliphatic carbocycles. The number of benzene rings is 1. The van der Waals surface area contributed by atoms with Crippen LogP contribution in [0.5, 0.6) is 5.75 Å². The minimum atomic E-state index is -0.0797. The van der Waals surface area contributed by atoms with Gasteiger partial charge in [0.25, 0.3) is 5.91 Å². The fraction of sp³-hybridized carbons (Fsp3) is 0.562. The van der Waals surface area contributed by atoms with Crippen molar-refractivity contribution >= 4 is 5.91 Å². The summed E-state index contributed by atoms with van der Waals surface area (Å²) in [5.41, 5.74) is 6.36. The normalized spacial score (nSPS) is 11.2. The molecule has 4 nitrogen and oxygen atoms in total. The topological polar surface area (TPSA) is 55.6 Å². The van der Waals surface area contributed by atoms with E-state index in [1.807, 2.05) is 23.1 Å². The largest absolute Gasteiger partial charge is 0.497 e. The minimum Gasteiger partial charge on any atom is -0.497 e. The third-order valence-corrected chi connectivity index (χ3v) is 3.27. The number of nitrogens with zero attached hydrogens (tertiary/aromatic N) is 1. The van der Waals surface area contributed by atoms with Crippen LogP contribution in [0.2, 0.25) is 0 Å². The van der Waals surface area contributed by atoms with Crippen molar-refractivity contribution < 1.29 is 9.53 Å². The molecule has 0 atom stereocenters. The number of hydrogen-bond donors (Lipinski definition) is 1. The smallest absolute Gasteiger partial charge is 0.254 e. The van der Waals surface area contributed by atoms with Gasteiger partial charge in [0.05, 0.1) is 7.11 Å². The predicted octanol–water partition coefficient (Wildman–Crippen LogP) is 2.53. The van der Waals surface area contributed by atoms with Crippen LogP contribution < -0.4 is 10.5 Å². The van der Waals surface area contributed by atoms with Crippen molar-refractivity contribution in [2.75, 3.05) is 26.7 Å². The molecule has 112 valence electrons. The number of nitrogens with two attached hydrogens (primary N) is 1. The van der Waals surface area contributed by atoms with Crippen molar-refractivity contribution in [2.24, 2.45) is 11.1 Å². The van der Waals surface area contributed by atoms with E-state index >= 15 is 0 Å². The zero-order chi connectivity index (χ0) is 15.2. The lowest BCUT2D eigenvalue weighted by atomic mass is 9.92. The summed E-state index contributed by atoms with van der Waals surface area (Å²) in [6, 6.07) is 7.28. The lowest BCUT2D eigenvalue weighted by Crippen LogP contribution is -2.42. The number of hydrogen-bond acceptors (Lipinski definition) is 3. The van der Waals surface area contributed by atoms with Gasteiger partial charge in [-0.2, -0.15) is 0 Å². The summed E-state index contributed by atoms with van der Waals surface area (Å²) in [6.45, 7) is 8.18. The summed E-state index contributed by atoms with van der Waals surface area (Å²) in [4.78, 5) is 14.5. The van der Waals surface area contributed by atoms with Gasteiger partial charge in [-0.25, -0.2) is 0 Å². The van der Waals surface area contributed by atoms with Crippen molar-refractivity contribution in [1.29, 1.82) is 0 Å². The van der Waals surface area contributed by atoms with E-state index in [0.29, 0.717) is 24.4 Å². The molecular weight excluding hydrogens is 252 g/mol. The van der Waals surface area contributed by atoms with Crippen molar-refractivity contribution in [3.63, 3.8) is 0 Å². The van der Waals surface area contributed by atoms with E-state index in [1.54, 1.807) is 13.2 Å². The van der Waals surface area contributed by atoms with E-state index in [4.69, 9.17) is 10.5 Å². The Bertz CT molecular complexity index is 444. The van der Waals surface area contributed by atoms with Crippen molar-refractivity contribution in [3.8, 4) is 5.75 Å². The van der Waals surface area contributed by atoms with E-state index in [9.17, 15) is 4.79 Å². The summed E-state index contributed by atoms with van der Waals surface area (Å²) in [5.74, 6) is 0.734. The van der Waals surface area contributed by atoms with Gasteiger partial charge in [0.2, 0.25) is 0 Å². The number of methoxy groups -OCH3 is 1. The second kappa shape index (κ2) is 7.29. The van der Waals surface area contributed by atoms with Crippen molar-refractivity contribution in [3.05, 3.63) is 29.8 Å². The highest BCUT2D eigenvalue weighted by Gasteiger charge is 2.24. The Hall–Kier alpha value is -1.55. The van der Waals surface area contributed by atoms with E-state index in [0.717, 1.165) is 13.0 Å². The summed E-state index contributed by atoms with van der Waals surface area (Å²) in [6.07, 6.45) is 0.927. The molecule has 2 N–H and O–H groups in total. The van der Waals surface area contributed by atoms with E-state index in [1.165, 1.54) is 0 Å². The molecule has 0 bridgehead atoms.